The molecule has 1 aliphatic heterocycles. The Morgan fingerprint density at radius 1 is 0.947 bits per heavy atom. The van der Waals surface area contributed by atoms with E-state index in [1.807, 2.05) is 63.2 Å². The molecular weight excluding hydrogens is 476 g/mol. The van der Waals surface area contributed by atoms with Gasteiger partial charge in [-0.05, 0) is 68.2 Å². The second kappa shape index (κ2) is 11.7. The van der Waals surface area contributed by atoms with Crippen LogP contribution in [0.3, 0.4) is 0 Å². The van der Waals surface area contributed by atoms with Gasteiger partial charge >= 0.3 is 0 Å². The van der Waals surface area contributed by atoms with Crippen LogP contribution in [0, 0.1) is 5.41 Å². The van der Waals surface area contributed by atoms with Crippen LogP contribution in [-0.4, -0.2) is 47.8 Å². The molecule has 7 nitrogen and oxygen atoms in total. The van der Waals surface area contributed by atoms with Gasteiger partial charge in [-0.25, -0.2) is 0 Å². The van der Waals surface area contributed by atoms with E-state index in [9.17, 15) is 14.4 Å². The number of benzene rings is 2. The molecule has 5 unspecified atom stereocenters. The van der Waals surface area contributed by atoms with Gasteiger partial charge < -0.3 is 20.9 Å². The maximum Gasteiger partial charge on any atom is 0.246 e. The summed E-state index contributed by atoms with van der Waals surface area (Å²) >= 11 is 0. The number of nitrogens with one attached hydrogen (secondary N) is 3. The molecule has 38 heavy (non-hydrogen) atoms. The van der Waals surface area contributed by atoms with E-state index in [1.54, 1.807) is 18.9 Å². The standard InChI is InChI=1S/C31H42N4O3/c1-20(32-5)28(36)34-27(31(2,3)4)30(38)35-25(22-13-7-6-8-14-22)18-19-26(35)29(37)33-24-17-11-15-21-12-9-10-16-23(21)24/h6-10,12-14,16,20,24-27,32H,11,15,17-19H2,1-5H3,(H,33,37)(H,34,36). The zero-order chi connectivity index (χ0) is 27.4. The fourth-order valence-corrected chi connectivity index (χ4v) is 5.75. The van der Waals surface area contributed by atoms with Crippen LogP contribution in [0.1, 0.15) is 82.2 Å². The predicted molar refractivity (Wildman–Crippen MR) is 149 cm³/mol. The first-order valence-electron chi connectivity index (χ1n) is 13.8. The predicted octanol–water partition coefficient (Wildman–Crippen LogP) is 4.05. The van der Waals surface area contributed by atoms with Gasteiger partial charge in [-0.3, -0.25) is 14.4 Å². The Kier molecular flexibility index (Phi) is 8.56. The summed E-state index contributed by atoms with van der Waals surface area (Å²) in [6.45, 7) is 7.60. The van der Waals surface area contributed by atoms with Crippen LogP contribution in [0.5, 0.6) is 0 Å². The number of carbonyl (C=O) groups is 3. The Hall–Kier alpha value is -3.19. The maximum absolute atomic E-state index is 14.3. The summed E-state index contributed by atoms with van der Waals surface area (Å²) in [6.07, 6.45) is 4.18. The fraction of sp³-hybridized carbons (Fsp3) is 0.516. The highest BCUT2D eigenvalue weighted by atomic mass is 16.2. The third kappa shape index (κ3) is 5.93. The summed E-state index contributed by atoms with van der Waals surface area (Å²) < 4.78 is 0. The SMILES string of the molecule is CNC(C)C(=O)NC(C(=O)N1C(C(=O)NC2CCCc3ccccc32)CCC1c1ccccc1)C(C)(C)C. The number of amides is 3. The van der Waals surface area contributed by atoms with Gasteiger partial charge in [0.2, 0.25) is 17.7 Å². The summed E-state index contributed by atoms with van der Waals surface area (Å²) in [5.41, 5.74) is 2.90. The molecule has 3 N–H and O–H groups in total. The summed E-state index contributed by atoms with van der Waals surface area (Å²) in [6, 6.07) is 16.1. The first kappa shape index (κ1) is 27.8. The Balaban J connectivity index is 1.64. The second-order valence-electron chi connectivity index (χ2n) is 11.7. The molecule has 0 saturated carbocycles. The molecule has 1 saturated heterocycles. The number of likely N-dealkylation sites (tertiary alicyclic amines) is 1. The second-order valence-corrected chi connectivity index (χ2v) is 11.7. The highest BCUT2D eigenvalue weighted by Gasteiger charge is 2.47. The third-order valence-electron chi connectivity index (χ3n) is 8.04. The lowest BCUT2D eigenvalue weighted by molar-refractivity contribution is -0.146. The number of nitrogens with zero attached hydrogens (tertiary/aromatic N) is 1. The normalized spacial score (nSPS) is 22.8. The molecule has 0 aromatic heterocycles. The quantitative estimate of drug-likeness (QED) is 0.516. The molecule has 0 spiro atoms. The molecule has 0 bridgehead atoms. The van der Waals surface area contributed by atoms with Gasteiger partial charge in [0.25, 0.3) is 0 Å². The van der Waals surface area contributed by atoms with Crippen LogP contribution in [0.4, 0.5) is 0 Å². The summed E-state index contributed by atoms with van der Waals surface area (Å²) in [5, 5.41) is 9.22. The molecule has 2 aromatic rings. The topological polar surface area (TPSA) is 90.5 Å². The zero-order valence-corrected chi connectivity index (χ0v) is 23.3. The van der Waals surface area contributed by atoms with E-state index in [1.165, 1.54) is 11.1 Å². The van der Waals surface area contributed by atoms with Crippen molar-refractivity contribution in [1.29, 1.82) is 0 Å². The maximum atomic E-state index is 14.3. The minimum Gasteiger partial charge on any atom is -0.347 e. The number of carbonyl (C=O) groups excluding carboxylic acids is 3. The number of fused-ring (bicyclic) bond motifs is 1. The first-order chi connectivity index (χ1) is 18.1. The van der Waals surface area contributed by atoms with Crippen LogP contribution in [0.2, 0.25) is 0 Å². The molecule has 3 amide bonds. The van der Waals surface area contributed by atoms with Crippen molar-refractivity contribution in [3.8, 4) is 0 Å². The average molecular weight is 519 g/mol. The van der Waals surface area contributed by atoms with Crippen molar-refractivity contribution in [3.63, 3.8) is 0 Å². The summed E-state index contributed by atoms with van der Waals surface area (Å²) in [5.74, 6) is -0.582. The molecule has 7 heteroatoms. The van der Waals surface area contributed by atoms with Gasteiger partial charge in [-0.2, -0.15) is 0 Å². The van der Waals surface area contributed by atoms with Crippen LogP contribution in [0.25, 0.3) is 0 Å². The monoisotopic (exact) mass is 518 g/mol. The van der Waals surface area contributed by atoms with Gasteiger partial charge in [0, 0.05) is 0 Å². The van der Waals surface area contributed by atoms with Gasteiger partial charge in [0.05, 0.1) is 18.1 Å². The minimum absolute atomic E-state index is 0.0604. The summed E-state index contributed by atoms with van der Waals surface area (Å²) in [7, 11) is 1.72. The van der Waals surface area contributed by atoms with Crippen molar-refractivity contribution >= 4 is 17.7 Å². The number of aryl methyl sites for hydroxylation is 1. The molecule has 4 rings (SSSR count). The molecule has 2 aromatic carbocycles. The zero-order valence-electron chi connectivity index (χ0n) is 23.3. The Morgan fingerprint density at radius 2 is 1.63 bits per heavy atom. The number of rotatable bonds is 7. The van der Waals surface area contributed by atoms with Crippen molar-refractivity contribution in [3.05, 3.63) is 71.3 Å². The number of hydrogen-bond acceptors (Lipinski definition) is 4. The lowest BCUT2D eigenvalue weighted by Gasteiger charge is -2.39. The Labute approximate surface area is 226 Å². The van der Waals surface area contributed by atoms with Gasteiger partial charge in [0.1, 0.15) is 12.1 Å². The van der Waals surface area contributed by atoms with Crippen molar-refractivity contribution < 1.29 is 14.4 Å². The van der Waals surface area contributed by atoms with Crippen molar-refractivity contribution in [2.45, 2.75) is 90.0 Å². The molecule has 5 atom stereocenters. The van der Waals surface area contributed by atoms with E-state index >= 15 is 0 Å². The average Bonchev–Trinajstić information content (AvgIpc) is 3.36. The number of hydrogen-bond donors (Lipinski definition) is 3. The molecule has 1 aliphatic carbocycles. The van der Waals surface area contributed by atoms with E-state index in [0.717, 1.165) is 24.8 Å². The van der Waals surface area contributed by atoms with E-state index in [2.05, 4.69) is 28.1 Å². The van der Waals surface area contributed by atoms with Gasteiger partial charge in [0.15, 0.2) is 0 Å². The van der Waals surface area contributed by atoms with Crippen molar-refractivity contribution in [2.24, 2.45) is 5.41 Å². The van der Waals surface area contributed by atoms with Crippen LogP contribution in [0.15, 0.2) is 54.6 Å². The van der Waals surface area contributed by atoms with E-state index < -0.39 is 23.5 Å². The molecular formula is C31H42N4O3. The Morgan fingerprint density at radius 3 is 2.32 bits per heavy atom. The largest absolute Gasteiger partial charge is 0.347 e. The molecule has 0 radical (unpaired) electrons. The molecule has 204 valence electrons. The van der Waals surface area contributed by atoms with E-state index in [4.69, 9.17) is 0 Å². The first-order valence-corrected chi connectivity index (χ1v) is 13.8. The summed E-state index contributed by atoms with van der Waals surface area (Å²) in [4.78, 5) is 42.8. The molecule has 1 heterocycles. The van der Waals surface area contributed by atoms with Crippen molar-refractivity contribution in [2.75, 3.05) is 7.05 Å². The minimum atomic E-state index is -0.777. The lowest BCUT2D eigenvalue weighted by Crippen LogP contribution is -2.60. The lowest BCUT2D eigenvalue weighted by atomic mass is 9.85. The smallest absolute Gasteiger partial charge is 0.246 e. The van der Waals surface area contributed by atoms with Crippen molar-refractivity contribution in [1.82, 2.24) is 20.9 Å². The number of likely N-dealkylation sites (N-methyl/N-ethyl adjacent to an activating group) is 1. The Bertz CT molecular complexity index is 1140. The highest BCUT2D eigenvalue weighted by Crippen LogP contribution is 2.39. The fourth-order valence-electron chi connectivity index (χ4n) is 5.75. The van der Waals surface area contributed by atoms with Crippen LogP contribution >= 0.6 is 0 Å². The van der Waals surface area contributed by atoms with Gasteiger partial charge in [-0.1, -0.05) is 75.4 Å². The van der Waals surface area contributed by atoms with Crippen LogP contribution in [-0.2, 0) is 20.8 Å². The van der Waals surface area contributed by atoms with Crippen LogP contribution < -0.4 is 16.0 Å². The third-order valence-corrected chi connectivity index (χ3v) is 8.04. The molecule has 2 aliphatic rings. The molecule has 1 fully saturated rings. The highest BCUT2D eigenvalue weighted by molar-refractivity contribution is 5.94. The van der Waals surface area contributed by atoms with E-state index in [-0.39, 0.29) is 29.8 Å². The van der Waals surface area contributed by atoms with E-state index in [0.29, 0.717) is 12.8 Å². The van der Waals surface area contributed by atoms with Gasteiger partial charge in [-0.15, -0.1) is 0 Å².